The van der Waals surface area contributed by atoms with Gasteiger partial charge in [-0.25, -0.2) is 0 Å². The molecule has 0 unspecified atom stereocenters. The monoisotopic (exact) mass is 293 g/mol. The molecule has 0 aliphatic heterocycles. The molecule has 1 heterocycles. The van der Waals surface area contributed by atoms with Gasteiger partial charge >= 0.3 is 0 Å². The molecule has 88 valence electrons. The van der Waals surface area contributed by atoms with E-state index < -0.39 is 0 Å². The zero-order valence-corrected chi connectivity index (χ0v) is 10.7. The quantitative estimate of drug-likeness (QED) is 0.942. The highest BCUT2D eigenvalue weighted by atomic mass is 79.9. The van der Waals surface area contributed by atoms with E-state index in [1.807, 2.05) is 30.3 Å². The van der Waals surface area contributed by atoms with Gasteiger partial charge in [-0.1, -0.05) is 12.1 Å². The Balaban J connectivity index is 2.14. The molecule has 0 saturated carbocycles. The SMILES string of the molecule is OCc1cccc(Br)c1OCc1ccncc1. The van der Waals surface area contributed by atoms with Gasteiger partial charge in [0.05, 0.1) is 11.1 Å². The topological polar surface area (TPSA) is 42.4 Å². The molecular formula is C13H12BrNO2. The van der Waals surface area contributed by atoms with Gasteiger partial charge in [-0.05, 0) is 39.7 Å². The normalized spacial score (nSPS) is 10.2. The Hall–Kier alpha value is -1.39. The van der Waals surface area contributed by atoms with E-state index in [1.54, 1.807) is 12.4 Å². The number of pyridine rings is 1. The van der Waals surface area contributed by atoms with E-state index in [4.69, 9.17) is 4.74 Å². The number of halogens is 1. The molecule has 0 fully saturated rings. The molecule has 0 bridgehead atoms. The van der Waals surface area contributed by atoms with Crippen LogP contribution in [-0.4, -0.2) is 10.1 Å². The number of hydrogen-bond donors (Lipinski definition) is 1. The minimum absolute atomic E-state index is 0.0366. The summed E-state index contributed by atoms with van der Waals surface area (Å²) in [6.45, 7) is 0.420. The number of hydrogen-bond acceptors (Lipinski definition) is 3. The fourth-order valence-corrected chi connectivity index (χ4v) is 2.00. The number of para-hydroxylation sites is 1. The Labute approximate surface area is 108 Å². The number of benzene rings is 1. The van der Waals surface area contributed by atoms with Gasteiger partial charge in [0.1, 0.15) is 12.4 Å². The number of aromatic nitrogens is 1. The van der Waals surface area contributed by atoms with Crippen molar-refractivity contribution < 1.29 is 9.84 Å². The minimum Gasteiger partial charge on any atom is -0.487 e. The summed E-state index contributed by atoms with van der Waals surface area (Å²) in [4.78, 5) is 3.95. The Kier molecular flexibility index (Phi) is 4.12. The summed E-state index contributed by atoms with van der Waals surface area (Å²) in [6.07, 6.45) is 3.46. The molecule has 1 N–H and O–H groups in total. The fourth-order valence-electron chi connectivity index (χ4n) is 1.47. The van der Waals surface area contributed by atoms with Crippen LogP contribution in [0, 0.1) is 0 Å². The van der Waals surface area contributed by atoms with Crippen molar-refractivity contribution in [2.45, 2.75) is 13.2 Å². The lowest BCUT2D eigenvalue weighted by atomic mass is 10.2. The molecule has 17 heavy (non-hydrogen) atoms. The average molecular weight is 294 g/mol. The predicted molar refractivity (Wildman–Crippen MR) is 68.6 cm³/mol. The van der Waals surface area contributed by atoms with Crippen LogP contribution in [0.15, 0.2) is 47.2 Å². The molecule has 3 nitrogen and oxygen atoms in total. The third-order valence-corrected chi connectivity index (χ3v) is 2.98. The van der Waals surface area contributed by atoms with E-state index in [9.17, 15) is 5.11 Å². The maximum atomic E-state index is 9.23. The molecule has 0 radical (unpaired) electrons. The van der Waals surface area contributed by atoms with Gasteiger partial charge < -0.3 is 9.84 Å². The van der Waals surface area contributed by atoms with E-state index in [2.05, 4.69) is 20.9 Å². The van der Waals surface area contributed by atoms with Crippen LogP contribution in [-0.2, 0) is 13.2 Å². The summed E-state index contributed by atoms with van der Waals surface area (Å²) in [5, 5.41) is 9.23. The van der Waals surface area contributed by atoms with Crippen molar-refractivity contribution in [3.8, 4) is 5.75 Å². The predicted octanol–water partition coefficient (Wildman–Crippen LogP) is 2.92. The standard InChI is InChI=1S/C13H12BrNO2/c14-12-3-1-2-11(8-16)13(12)17-9-10-4-6-15-7-5-10/h1-7,16H,8-9H2. The molecule has 0 saturated heterocycles. The van der Waals surface area contributed by atoms with Gasteiger partial charge in [0.2, 0.25) is 0 Å². The summed E-state index contributed by atoms with van der Waals surface area (Å²) in [5.74, 6) is 0.687. The number of aliphatic hydroxyl groups excluding tert-OH is 1. The van der Waals surface area contributed by atoms with Crippen LogP contribution in [0.5, 0.6) is 5.75 Å². The molecule has 1 aromatic heterocycles. The average Bonchev–Trinajstić information content (AvgIpc) is 2.38. The van der Waals surface area contributed by atoms with E-state index in [0.29, 0.717) is 12.4 Å². The second-order valence-electron chi connectivity index (χ2n) is 3.53. The maximum absolute atomic E-state index is 9.23. The van der Waals surface area contributed by atoms with Crippen LogP contribution >= 0.6 is 15.9 Å². The van der Waals surface area contributed by atoms with Gasteiger partial charge in [0, 0.05) is 18.0 Å². The van der Waals surface area contributed by atoms with Crippen LogP contribution < -0.4 is 4.74 Å². The van der Waals surface area contributed by atoms with E-state index in [0.717, 1.165) is 15.6 Å². The maximum Gasteiger partial charge on any atom is 0.139 e. The molecular weight excluding hydrogens is 282 g/mol. The van der Waals surface area contributed by atoms with Crippen LogP contribution in [0.1, 0.15) is 11.1 Å². The number of ether oxygens (including phenoxy) is 1. The highest BCUT2D eigenvalue weighted by Gasteiger charge is 2.07. The number of nitrogens with zero attached hydrogens (tertiary/aromatic N) is 1. The summed E-state index contributed by atoms with van der Waals surface area (Å²) in [5.41, 5.74) is 1.81. The first-order valence-corrected chi connectivity index (χ1v) is 6.00. The first-order valence-electron chi connectivity index (χ1n) is 5.21. The smallest absolute Gasteiger partial charge is 0.139 e. The lowest BCUT2D eigenvalue weighted by Crippen LogP contribution is -1.99. The van der Waals surface area contributed by atoms with Gasteiger partial charge in [-0.15, -0.1) is 0 Å². The first kappa shape index (κ1) is 12.1. The van der Waals surface area contributed by atoms with Gasteiger partial charge in [0.15, 0.2) is 0 Å². The van der Waals surface area contributed by atoms with Gasteiger partial charge in [-0.2, -0.15) is 0 Å². The van der Waals surface area contributed by atoms with E-state index >= 15 is 0 Å². The summed E-state index contributed by atoms with van der Waals surface area (Å²) >= 11 is 3.41. The summed E-state index contributed by atoms with van der Waals surface area (Å²) in [6, 6.07) is 9.40. The Bertz CT molecular complexity index is 488. The van der Waals surface area contributed by atoms with Crippen molar-refractivity contribution >= 4 is 15.9 Å². The zero-order chi connectivity index (χ0) is 12.1. The lowest BCUT2D eigenvalue weighted by molar-refractivity contribution is 0.258. The van der Waals surface area contributed by atoms with Crippen molar-refractivity contribution in [1.82, 2.24) is 4.98 Å². The van der Waals surface area contributed by atoms with Crippen LogP contribution in [0.4, 0.5) is 0 Å². The number of rotatable bonds is 4. The third kappa shape index (κ3) is 3.05. The summed E-state index contributed by atoms with van der Waals surface area (Å²) in [7, 11) is 0. The van der Waals surface area contributed by atoms with E-state index in [-0.39, 0.29) is 6.61 Å². The van der Waals surface area contributed by atoms with E-state index in [1.165, 1.54) is 0 Å². The molecule has 0 spiro atoms. The number of aliphatic hydroxyl groups is 1. The van der Waals surface area contributed by atoms with Gasteiger partial charge in [0.25, 0.3) is 0 Å². The molecule has 0 atom stereocenters. The van der Waals surface area contributed by atoms with Crippen molar-refractivity contribution in [2.75, 3.05) is 0 Å². The fraction of sp³-hybridized carbons (Fsp3) is 0.154. The second kappa shape index (κ2) is 5.80. The second-order valence-corrected chi connectivity index (χ2v) is 4.38. The highest BCUT2D eigenvalue weighted by Crippen LogP contribution is 2.29. The molecule has 2 rings (SSSR count). The van der Waals surface area contributed by atoms with Crippen molar-refractivity contribution in [3.05, 3.63) is 58.3 Å². The minimum atomic E-state index is -0.0366. The molecule has 2 aromatic rings. The molecule has 0 aliphatic carbocycles. The molecule has 1 aromatic carbocycles. The van der Waals surface area contributed by atoms with Crippen molar-refractivity contribution in [3.63, 3.8) is 0 Å². The molecule has 0 aliphatic rings. The lowest BCUT2D eigenvalue weighted by Gasteiger charge is -2.11. The Morgan fingerprint density at radius 2 is 1.94 bits per heavy atom. The van der Waals surface area contributed by atoms with Crippen molar-refractivity contribution in [2.24, 2.45) is 0 Å². The van der Waals surface area contributed by atoms with Crippen LogP contribution in [0.3, 0.4) is 0 Å². The Morgan fingerprint density at radius 1 is 1.18 bits per heavy atom. The Morgan fingerprint density at radius 3 is 2.65 bits per heavy atom. The van der Waals surface area contributed by atoms with Crippen LogP contribution in [0.2, 0.25) is 0 Å². The van der Waals surface area contributed by atoms with Crippen molar-refractivity contribution in [1.29, 1.82) is 0 Å². The largest absolute Gasteiger partial charge is 0.487 e. The van der Waals surface area contributed by atoms with Crippen LogP contribution in [0.25, 0.3) is 0 Å². The zero-order valence-electron chi connectivity index (χ0n) is 9.14. The highest BCUT2D eigenvalue weighted by molar-refractivity contribution is 9.10. The molecule has 4 heteroatoms. The first-order chi connectivity index (χ1) is 8.31. The summed E-state index contributed by atoms with van der Waals surface area (Å²) < 4.78 is 6.56. The third-order valence-electron chi connectivity index (χ3n) is 2.35. The van der Waals surface area contributed by atoms with Gasteiger partial charge in [-0.3, -0.25) is 4.98 Å². The molecule has 0 amide bonds.